The summed E-state index contributed by atoms with van der Waals surface area (Å²) in [4.78, 5) is 25.2. The SMILES string of the molecule is CCOC(=O)CCN(CCOC)C(=O)C1CCC1. The number of carbonyl (C=O) groups is 2. The topological polar surface area (TPSA) is 55.8 Å². The molecule has 0 saturated heterocycles. The molecule has 104 valence electrons. The zero-order chi connectivity index (χ0) is 13.4. The molecule has 1 aliphatic rings. The summed E-state index contributed by atoms with van der Waals surface area (Å²) in [7, 11) is 1.61. The molecule has 1 aliphatic carbocycles. The van der Waals surface area contributed by atoms with E-state index in [4.69, 9.17) is 9.47 Å². The van der Waals surface area contributed by atoms with E-state index >= 15 is 0 Å². The first kappa shape index (κ1) is 15.0. The molecule has 0 aromatic carbocycles. The van der Waals surface area contributed by atoms with Crippen molar-refractivity contribution in [2.24, 2.45) is 5.92 Å². The first-order chi connectivity index (χ1) is 8.69. The zero-order valence-electron chi connectivity index (χ0n) is 11.3. The zero-order valence-corrected chi connectivity index (χ0v) is 11.3. The van der Waals surface area contributed by atoms with Gasteiger partial charge in [0, 0.05) is 26.1 Å². The van der Waals surface area contributed by atoms with Crippen LogP contribution in [0.5, 0.6) is 0 Å². The fourth-order valence-corrected chi connectivity index (χ4v) is 1.91. The first-order valence-corrected chi connectivity index (χ1v) is 6.62. The van der Waals surface area contributed by atoms with Gasteiger partial charge in [0.25, 0.3) is 0 Å². The third kappa shape index (κ3) is 4.64. The molecule has 18 heavy (non-hydrogen) atoms. The van der Waals surface area contributed by atoms with Crippen LogP contribution in [-0.4, -0.2) is 50.2 Å². The van der Waals surface area contributed by atoms with E-state index in [0.29, 0.717) is 26.3 Å². The Hall–Kier alpha value is -1.10. The Morgan fingerprint density at radius 3 is 2.50 bits per heavy atom. The predicted molar refractivity (Wildman–Crippen MR) is 67.0 cm³/mol. The molecule has 0 bridgehead atoms. The lowest BCUT2D eigenvalue weighted by atomic mass is 9.84. The smallest absolute Gasteiger partial charge is 0.307 e. The molecule has 1 fully saturated rings. The highest BCUT2D eigenvalue weighted by molar-refractivity contribution is 5.80. The molecule has 0 atom stereocenters. The van der Waals surface area contributed by atoms with E-state index in [9.17, 15) is 9.59 Å². The van der Waals surface area contributed by atoms with Crippen LogP contribution in [0.3, 0.4) is 0 Å². The van der Waals surface area contributed by atoms with Crippen LogP contribution in [0.4, 0.5) is 0 Å². The maximum Gasteiger partial charge on any atom is 0.307 e. The van der Waals surface area contributed by atoms with E-state index in [1.54, 1.807) is 18.9 Å². The molecule has 0 heterocycles. The van der Waals surface area contributed by atoms with Crippen LogP contribution >= 0.6 is 0 Å². The Morgan fingerprint density at radius 2 is 2.00 bits per heavy atom. The third-order valence-electron chi connectivity index (χ3n) is 3.22. The van der Waals surface area contributed by atoms with E-state index in [1.807, 2.05) is 0 Å². The predicted octanol–water partition coefficient (Wildman–Crippen LogP) is 1.21. The Morgan fingerprint density at radius 1 is 1.28 bits per heavy atom. The van der Waals surface area contributed by atoms with Gasteiger partial charge in [-0.3, -0.25) is 9.59 Å². The summed E-state index contributed by atoms with van der Waals surface area (Å²) in [5, 5.41) is 0. The quantitative estimate of drug-likeness (QED) is 0.613. The van der Waals surface area contributed by atoms with E-state index in [2.05, 4.69) is 0 Å². The maximum absolute atomic E-state index is 12.1. The number of ether oxygens (including phenoxy) is 2. The maximum atomic E-state index is 12.1. The van der Waals surface area contributed by atoms with Gasteiger partial charge in [-0.05, 0) is 19.8 Å². The fraction of sp³-hybridized carbons (Fsp3) is 0.846. The van der Waals surface area contributed by atoms with Crippen molar-refractivity contribution in [1.29, 1.82) is 0 Å². The molecule has 0 N–H and O–H groups in total. The number of hydrogen-bond donors (Lipinski definition) is 0. The van der Waals surface area contributed by atoms with Crippen molar-refractivity contribution in [1.82, 2.24) is 4.90 Å². The molecule has 0 radical (unpaired) electrons. The minimum absolute atomic E-state index is 0.155. The molecule has 0 aromatic heterocycles. The van der Waals surface area contributed by atoms with Crippen molar-refractivity contribution in [3.8, 4) is 0 Å². The molecule has 1 rings (SSSR count). The summed E-state index contributed by atoms with van der Waals surface area (Å²) < 4.78 is 9.87. The van der Waals surface area contributed by atoms with Crippen LogP contribution in [0.2, 0.25) is 0 Å². The molecule has 1 amide bonds. The molecule has 0 unspecified atom stereocenters. The highest BCUT2D eigenvalue weighted by atomic mass is 16.5. The number of esters is 1. The van der Waals surface area contributed by atoms with Crippen LogP contribution < -0.4 is 0 Å². The van der Waals surface area contributed by atoms with Crippen molar-refractivity contribution in [3.63, 3.8) is 0 Å². The number of amides is 1. The Bertz CT molecular complexity index is 276. The van der Waals surface area contributed by atoms with E-state index in [1.165, 1.54) is 0 Å². The Balaban J connectivity index is 2.38. The number of hydrogen-bond acceptors (Lipinski definition) is 4. The van der Waals surface area contributed by atoms with Gasteiger partial charge >= 0.3 is 5.97 Å². The van der Waals surface area contributed by atoms with Crippen LogP contribution in [0.1, 0.15) is 32.6 Å². The largest absolute Gasteiger partial charge is 0.466 e. The molecule has 5 heteroatoms. The average molecular weight is 257 g/mol. The standard InChI is InChI=1S/C13H23NO4/c1-3-18-12(15)7-8-14(9-10-17-2)13(16)11-5-4-6-11/h11H,3-10H2,1-2H3. The molecule has 5 nitrogen and oxygen atoms in total. The molecular formula is C13H23NO4. The van der Waals surface area contributed by atoms with Crippen molar-refractivity contribution in [2.75, 3.05) is 33.4 Å². The molecule has 0 spiro atoms. The second-order valence-corrected chi connectivity index (χ2v) is 4.50. The average Bonchev–Trinajstić information content (AvgIpc) is 2.27. The summed E-state index contributed by atoms with van der Waals surface area (Å²) in [5.41, 5.74) is 0. The summed E-state index contributed by atoms with van der Waals surface area (Å²) in [5.74, 6) is 0.0629. The van der Waals surface area contributed by atoms with Gasteiger partial charge in [0.15, 0.2) is 0 Å². The second kappa shape index (κ2) is 8.08. The van der Waals surface area contributed by atoms with Gasteiger partial charge in [-0.2, -0.15) is 0 Å². The van der Waals surface area contributed by atoms with E-state index in [0.717, 1.165) is 19.3 Å². The first-order valence-electron chi connectivity index (χ1n) is 6.62. The number of carbonyl (C=O) groups excluding carboxylic acids is 2. The van der Waals surface area contributed by atoms with Crippen molar-refractivity contribution >= 4 is 11.9 Å². The number of nitrogens with zero attached hydrogens (tertiary/aromatic N) is 1. The van der Waals surface area contributed by atoms with Gasteiger partial charge in [-0.15, -0.1) is 0 Å². The minimum atomic E-state index is -0.249. The van der Waals surface area contributed by atoms with Gasteiger partial charge in [0.1, 0.15) is 0 Å². The van der Waals surface area contributed by atoms with Crippen LogP contribution in [0, 0.1) is 5.92 Å². The summed E-state index contributed by atoms with van der Waals surface area (Å²) in [6.45, 7) is 3.64. The van der Waals surface area contributed by atoms with Gasteiger partial charge in [0.05, 0.1) is 19.6 Å². The lowest BCUT2D eigenvalue weighted by Gasteiger charge is -2.31. The molecule has 1 saturated carbocycles. The molecular weight excluding hydrogens is 234 g/mol. The summed E-state index contributed by atoms with van der Waals surface area (Å²) >= 11 is 0. The number of methoxy groups -OCH3 is 1. The van der Waals surface area contributed by atoms with Crippen molar-refractivity contribution < 1.29 is 19.1 Å². The highest BCUT2D eigenvalue weighted by Crippen LogP contribution is 2.28. The van der Waals surface area contributed by atoms with Gasteiger partial charge in [-0.25, -0.2) is 0 Å². The van der Waals surface area contributed by atoms with Gasteiger partial charge in [0.2, 0.25) is 5.91 Å². The van der Waals surface area contributed by atoms with Crippen molar-refractivity contribution in [3.05, 3.63) is 0 Å². The third-order valence-corrected chi connectivity index (χ3v) is 3.22. The second-order valence-electron chi connectivity index (χ2n) is 4.50. The van der Waals surface area contributed by atoms with Crippen LogP contribution in [-0.2, 0) is 19.1 Å². The van der Waals surface area contributed by atoms with Gasteiger partial charge in [-0.1, -0.05) is 6.42 Å². The van der Waals surface area contributed by atoms with Gasteiger partial charge < -0.3 is 14.4 Å². The summed E-state index contributed by atoms with van der Waals surface area (Å²) in [6.07, 6.45) is 3.34. The lowest BCUT2D eigenvalue weighted by molar-refractivity contribution is -0.145. The monoisotopic (exact) mass is 257 g/mol. The highest BCUT2D eigenvalue weighted by Gasteiger charge is 2.29. The normalized spacial score (nSPS) is 15.0. The minimum Gasteiger partial charge on any atom is -0.466 e. The Labute approximate surface area is 108 Å². The van der Waals surface area contributed by atoms with E-state index < -0.39 is 0 Å². The fourth-order valence-electron chi connectivity index (χ4n) is 1.91. The summed E-state index contributed by atoms with van der Waals surface area (Å²) in [6, 6.07) is 0. The van der Waals surface area contributed by atoms with Crippen LogP contribution in [0.25, 0.3) is 0 Å². The lowest BCUT2D eigenvalue weighted by Crippen LogP contribution is -2.41. The van der Waals surface area contributed by atoms with E-state index in [-0.39, 0.29) is 24.2 Å². The Kier molecular flexibility index (Phi) is 6.72. The van der Waals surface area contributed by atoms with Crippen LogP contribution in [0.15, 0.2) is 0 Å². The van der Waals surface area contributed by atoms with Crippen molar-refractivity contribution in [2.45, 2.75) is 32.6 Å². The number of rotatable bonds is 8. The molecule has 0 aliphatic heterocycles. The molecule has 0 aromatic rings.